The van der Waals surface area contributed by atoms with Crippen LogP contribution in [0.2, 0.25) is 0 Å². The highest BCUT2D eigenvalue weighted by Gasteiger charge is 2.23. The van der Waals surface area contributed by atoms with Gasteiger partial charge in [-0.3, -0.25) is 4.79 Å². The maximum absolute atomic E-state index is 12.8. The molecule has 5 nitrogen and oxygen atoms in total. The smallest absolute Gasteiger partial charge is 0.337 e. The molecule has 1 N–H and O–H groups in total. The molecule has 0 amide bonds. The SMILES string of the molecule is O=C(Cc1csc(-c2ccc3scnc3c2)c1C(=O)O)c1cc2ccccc2o1. The second-order valence-electron chi connectivity index (χ2n) is 6.55. The van der Waals surface area contributed by atoms with Crippen LogP contribution in [-0.2, 0) is 6.42 Å². The Morgan fingerprint density at radius 2 is 1.93 bits per heavy atom. The number of furan rings is 1. The number of thiazole rings is 1. The molecule has 0 saturated carbocycles. The molecule has 7 heteroatoms. The maximum atomic E-state index is 12.8. The molecule has 0 radical (unpaired) electrons. The van der Waals surface area contributed by atoms with E-state index >= 15 is 0 Å². The number of fused-ring (bicyclic) bond motifs is 2. The molecule has 142 valence electrons. The van der Waals surface area contributed by atoms with Crippen LogP contribution in [0.1, 0.15) is 26.5 Å². The van der Waals surface area contributed by atoms with Crippen molar-refractivity contribution in [2.45, 2.75) is 6.42 Å². The third kappa shape index (κ3) is 3.14. The van der Waals surface area contributed by atoms with Crippen LogP contribution >= 0.6 is 22.7 Å². The van der Waals surface area contributed by atoms with Crippen molar-refractivity contribution in [3.05, 3.63) is 76.3 Å². The predicted molar refractivity (Wildman–Crippen MR) is 114 cm³/mol. The second kappa shape index (κ2) is 6.95. The zero-order valence-electron chi connectivity index (χ0n) is 14.9. The van der Waals surface area contributed by atoms with E-state index in [4.69, 9.17) is 4.42 Å². The summed E-state index contributed by atoms with van der Waals surface area (Å²) >= 11 is 2.86. The normalized spacial score (nSPS) is 11.3. The average molecular weight is 419 g/mol. The number of nitrogens with zero attached hydrogens (tertiary/aromatic N) is 1. The van der Waals surface area contributed by atoms with E-state index in [0.29, 0.717) is 16.0 Å². The minimum atomic E-state index is -1.05. The molecule has 2 aromatic carbocycles. The number of thiophene rings is 1. The minimum absolute atomic E-state index is 0.0309. The Hall–Kier alpha value is -3.29. The number of para-hydroxylation sites is 1. The fourth-order valence-corrected chi connectivity index (χ4v) is 5.07. The van der Waals surface area contributed by atoms with Crippen LogP contribution in [0.5, 0.6) is 0 Å². The summed E-state index contributed by atoms with van der Waals surface area (Å²) in [6.45, 7) is 0. The summed E-state index contributed by atoms with van der Waals surface area (Å²) in [5, 5.41) is 12.4. The van der Waals surface area contributed by atoms with Crippen LogP contribution in [-0.4, -0.2) is 21.8 Å². The lowest BCUT2D eigenvalue weighted by molar-refractivity contribution is 0.0697. The van der Waals surface area contributed by atoms with Gasteiger partial charge in [-0.15, -0.1) is 22.7 Å². The van der Waals surface area contributed by atoms with Crippen molar-refractivity contribution in [1.82, 2.24) is 4.98 Å². The lowest BCUT2D eigenvalue weighted by atomic mass is 10.0. The highest BCUT2D eigenvalue weighted by molar-refractivity contribution is 7.16. The van der Waals surface area contributed by atoms with Crippen LogP contribution < -0.4 is 0 Å². The first-order valence-corrected chi connectivity index (χ1v) is 10.5. The number of benzene rings is 2. The molecular formula is C22H13NO4S2. The highest BCUT2D eigenvalue weighted by atomic mass is 32.1. The van der Waals surface area contributed by atoms with E-state index in [1.165, 1.54) is 22.7 Å². The number of rotatable bonds is 5. The van der Waals surface area contributed by atoms with Gasteiger partial charge in [0.2, 0.25) is 5.78 Å². The van der Waals surface area contributed by atoms with Crippen molar-refractivity contribution in [1.29, 1.82) is 0 Å². The van der Waals surface area contributed by atoms with Gasteiger partial charge in [-0.25, -0.2) is 9.78 Å². The molecule has 5 rings (SSSR count). The predicted octanol–water partition coefficient (Wildman–Crippen LogP) is 5.89. The Morgan fingerprint density at radius 3 is 2.76 bits per heavy atom. The number of aromatic carboxylic acids is 1. The summed E-state index contributed by atoms with van der Waals surface area (Å²) in [7, 11) is 0. The first-order valence-electron chi connectivity index (χ1n) is 8.79. The number of carbonyl (C=O) groups is 2. The number of ketones is 1. The van der Waals surface area contributed by atoms with Crippen LogP contribution in [0, 0.1) is 0 Å². The zero-order valence-corrected chi connectivity index (χ0v) is 16.5. The van der Waals surface area contributed by atoms with E-state index < -0.39 is 5.97 Å². The number of hydrogen-bond donors (Lipinski definition) is 1. The number of carboxylic acids is 1. The number of Topliss-reactive ketones (excluding diaryl/α,β-unsaturated/α-hetero) is 1. The molecule has 0 aliphatic heterocycles. The van der Waals surface area contributed by atoms with Crippen molar-refractivity contribution in [2.75, 3.05) is 0 Å². The Bertz CT molecular complexity index is 1360. The van der Waals surface area contributed by atoms with E-state index in [0.717, 1.165) is 21.2 Å². The summed E-state index contributed by atoms with van der Waals surface area (Å²) < 4.78 is 6.68. The third-order valence-electron chi connectivity index (χ3n) is 4.73. The number of aromatic nitrogens is 1. The maximum Gasteiger partial charge on any atom is 0.337 e. The van der Waals surface area contributed by atoms with Crippen LogP contribution in [0.3, 0.4) is 0 Å². The first-order chi connectivity index (χ1) is 14.1. The van der Waals surface area contributed by atoms with Crippen LogP contribution in [0.4, 0.5) is 0 Å². The number of hydrogen-bond acceptors (Lipinski definition) is 6. The molecule has 0 bridgehead atoms. The monoisotopic (exact) mass is 419 g/mol. The largest absolute Gasteiger partial charge is 0.478 e. The molecule has 0 fully saturated rings. The van der Waals surface area contributed by atoms with E-state index in [2.05, 4.69) is 4.98 Å². The van der Waals surface area contributed by atoms with Gasteiger partial charge in [-0.2, -0.15) is 0 Å². The summed E-state index contributed by atoms with van der Waals surface area (Å²) in [5.41, 5.74) is 4.66. The molecule has 0 saturated heterocycles. The van der Waals surface area contributed by atoms with Gasteiger partial charge in [0, 0.05) is 16.7 Å². The van der Waals surface area contributed by atoms with Gasteiger partial charge >= 0.3 is 5.97 Å². The highest BCUT2D eigenvalue weighted by Crippen LogP contribution is 2.35. The molecule has 29 heavy (non-hydrogen) atoms. The molecule has 3 aromatic heterocycles. The number of carbonyl (C=O) groups excluding carboxylic acids is 1. The van der Waals surface area contributed by atoms with E-state index in [-0.39, 0.29) is 23.5 Å². The Labute approximate surface area is 172 Å². The lowest BCUT2D eigenvalue weighted by Crippen LogP contribution is -2.07. The molecule has 0 atom stereocenters. The molecular weight excluding hydrogens is 406 g/mol. The molecule has 3 heterocycles. The molecule has 0 unspecified atom stereocenters. The Morgan fingerprint density at radius 1 is 1.07 bits per heavy atom. The van der Waals surface area contributed by atoms with Gasteiger partial charge in [-0.1, -0.05) is 24.3 Å². The van der Waals surface area contributed by atoms with E-state index in [1.807, 2.05) is 36.4 Å². The summed E-state index contributed by atoms with van der Waals surface area (Å²) in [6, 6.07) is 14.8. The molecule has 0 aliphatic carbocycles. The van der Waals surface area contributed by atoms with Crippen molar-refractivity contribution in [2.24, 2.45) is 0 Å². The fourth-order valence-electron chi connectivity index (χ4n) is 3.35. The Balaban J connectivity index is 1.51. The van der Waals surface area contributed by atoms with Crippen LogP contribution in [0.25, 0.3) is 31.6 Å². The van der Waals surface area contributed by atoms with Crippen molar-refractivity contribution in [3.63, 3.8) is 0 Å². The van der Waals surface area contributed by atoms with E-state index in [9.17, 15) is 14.7 Å². The Kier molecular flexibility index (Phi) is 4.26. The van der Waals surface area contributed by atoms with Gasteiger partial charge < -0.3 is 9.52 Å². The van der Waals surface area contributed by atoms with Gasteiger partial charge in [0.1, 0.15) is 5.58 Å². The van der Waals surface area contributed by atoms with Gasteiger partial charge in [0.25, 0.3) is 0 Å². The van der Waals surface area contributed by atoms with Crippen molar-refractivity contribution >= 4 is 55.6 Å². The summed E-state index contributed by atoms with van der Waals surface area (Å²) in [6.07, 6.45) is -0.0309. The summed E-state index contributed by atoms with van der Waals surface area (Å²) in [5.74, 6) is -1.06. The van der Waals surface area contributed by atoms with Gasteiger partial charge in [0.05, 0.1) is 21.3 Å². The zero-order chi connectivity index (χ0) is 20.0. The quantitative estimate of drug-likeness (QED) is 0.359. The lowest BCUT2D eigenvalue weighted by Gasteiger charge is -2.03. The molecule has 0 aliphatic rings. The van der Waals surface area contributed by atoms with E-state index in [1.54, 1.807) is 23.0 Å². The van der Waals surface area contributed by atoms with Crippen molar-refractivity contribution < 1.29 is 19.1 Å². The minimum Gasteiger partial charge on any atom is -0.478 e. The first kappa shape index (κ1) is 17.8. The molecule has 5 aromatic rings. The van der Waals surface area contributed by atoms with Gasteiger partial charge in [0.15, 0.2) is 5.76 Å². The van der Waals surface area contributed by atoms with Gasteiger partial charge in [-0.05, 0) is 40.8 Å². The van der Waals surface area contributed by atoms with Crippen LogP contribution in [0.15, 0.2) is 63.8 Å². The molecule has 0 spiro atoms. The summed E-state index contributed by atoms with van der Waals surface area (Å²) in [4.78, 5) is 29.7. The average Bonchev–Trinajstić information content (AvgIpc) is 3.44. The van der Waals surface area contributed by atoms with Crippen molar-refractivity contribution in [3.8, 4) is 10.4 Å². The second-order valence-corrected chi connectivity index (χ2v) is 8.32. The third-order valence-corrected chi connectivity index (χ3v) is 6.61. The topological polar surface area (TPSA) is 80.4 Å². The fraction of sp³-hybridized carbons (Fsp3) is 0.0455. The number of carboxylic acid groups (broad SMARTS) is 1. The standard InChI is InChI=1S/C22H13NO4S2/c24-16(18-9-12-3-1-2-4-17(12)27-18)8-14-10-28-21(20(14)22(25)26)13-5-6-19-15(7-13)23-11-29-19/h1-7,9-11H,8H2,(H,25,26).